The van der Waals surface area contributed by atoms with Gasteiger partial charge in [-0.2, -0.15) is 0 Å². The molecule has 2 aromatic rings. The van der Waals surface area contributed by atoms with Gasteiger partial charge in [-0.05, 0) is 49.4 Å². The molecule has 1 heterocycles. The predicted octanol–water partition coefficient (Wildman–Crippen LogP) is 3.12. The fourth-order valence-electron chi connectivity index (χ4n) is 3.30. The van der Waals surface area contributed by atoms with Gasteiger partial charge in [-0.3, -0.25) is 9.79 Å². The van der Waals surface area contributed by atoms with Crippen LogP contribution < -0.4 is 4.52 Å². The van der Waals surface area contributed by atoms with Gasteiger partial charge >= 0.3 is 7.82 Å². The Hall–Kier alpha value is -1.39. The highest BCUT2D eigenvalue weighted by molar-refractivity contribution is 7.46. The highest BCUT2D eigenvalue weighted by Gasteiger charge is 2.24. The summed E-state index contributed by atoms with van der Waals surface area (Å²) in [6.45, 7) is 2.04. The molecule has 0 aromatic heterocycles. The molecule has 1 fully saturated rings. The van der Waals surface area contributed by atoms with Crippen LogP contribution in [-0.2, 0) is 4.57 Å². The van der Waals surface area contributed by atoms with Crippen molar-refractivity contribution in [2.24, 2.45) is 0 Å². The van der Waals surface area contributed by atoms with Crippen molar-refractivity contribution >= 4 is 18.6 Å². The second-order valence-corrected chi connectivity index (χ2v) is 7.05. The van der Waals surface area contributed by atoms with Crippen molar-refractivity contribution in [3.05, 3.63) is 42.0 Å². The molecule has 1 saturated heterocycles. The molecule has 22 heavy (non-hydrogen) atoms. The lowest BCUT2D eigenvalue weighted by Gasteiger charge is -2.31. The lowest BCUT2D eigenvalue weighted by Crippen LogP contribution is -2.30. The van der Waals surface area contributed by atoms with E-state index in [9.17, 15) is 4.57 Å². The van der Waals surface area contributed by atoms with Gasteiger partial charge in [0.1, 0.15) is 5.75 Å². The Bertz CT molecular complexity index is 722. The zero-order valence-corrected chi connectivity index (χ0v) is 13.4. The first kappa shape index (κ1) is 15.5. The molecule has 6 heteroatoms. The number of likely N-dealkylation sites (tertiary alicyclic amines) is 1. The maximum absolute atomic E-state index is 11.2. The Balaban J connectivity index is 2.11. The fourth-order valence-corrected chi connectivity index (χ4v) is 3.71. The van der Waals surface area contributed by atoms with E-state index >= 15 is 0 Å². The smallest absolute Gasteiger partial charge is 0.404 e. The quantitative estimate of drug-likeness (QED) is 0.850. The lowest BCUT2D eigenvalue weighted by atomic mass is 9.87. The summed E-state index contributed by atoms with van der Waals surface area (Å²) in [5, 5.41) is 1.75. The molecule has 0 aliphatic carbocycles. The maximum atomic E-state index is 11.2. The number of phosphoric ester groups is 1. The van der Waals surface area contributed by atoms with Gasteiger partial charge < -0.3 is 9.42 Å². The first-order chi connectivity index (χ1) is 10.4. The SMILES string of the molecule is CN1CCCC(c2cccc3cccc(OP(=O)(O)O)c23)C1. The summed E-state index contributed by atoms with van der Waals surface area (Å²) in [7, 11) is -2.47. The standard InChI is InChI=1S/C16H20NO4P/c1-17-10-4-7-13(11-17)14-8-2-5-12-6-3-9-15(16(12)14)21-22(18,19)20/h2-3,5-6,8-9,13H,4,7,10-11H2,1H3,(H2,18,19,20). The number of benzene rings is 2. The third-order valence-corrected chi connectivity index (χ3v) is 4.61. The monoisotopic (exact) mass is 321 g/mol. The molecule has 2 aromatic carbocycles. The Morgan fingerprint density at radius 1 is 1.23 bits per heavy atom. The van der Waals surface area contributed by atoms with Crippen molar-refractivity contribution in [2.75, 3.05) is 20.1 Å². The molecule has 1 atom stereocenters. The van der Waals surface area contributed by atoms with Gasteiger partial charge in [-0.1, -0.05) is 30.3 Å². The van der Waals surface area contributed by atoms with Gasteiger partial charge in [0.2, 0.25) is 0 Å². The Labute approximate surface area is 129 Å². The van der Waals surface area contributed by atoms with E-state index in [0.29, 0.717) is 5.92 Å². The van der Waals surface area contributed by atoms with Crippen molar-refractivity contribution in [3.8, 4) is 5.75 Å². The second-order valence-electron chi connectivity index (χ2n) is 5.88. The summed E-state index contributed by atoms with van der Waals surface area (Å²) in [6, 6.07) is 11.3. The summed E-state index contributed by atoms with van der Waals surface area (Å²) < 4.78 is 16.2. The molecule has 5 nitrogen and oxygen atoms in total. The van der Waals surface area contributed by atoms with E-state index in [4.69, 9.17) is 14.3 Å². The topological polar surface area (TPSA) is 70.0 Å². The summed E-state index contributed by atoms with van der Waals surface area (Å²) >= 11 is 0. The summed E-state index contributed by atoms with van der Waals surface area (Å²) in [6.07, 6.45) is 2.20. The molecule has 2 N–H and O–H groups in total. The average Bonchev–Trinajstić information content (AvgIpc) is 2.45. The molecule has 0 spiro atoms. The van der Waals surface area contributed by atoms with Gasteiger partial charge in [0.05, 0.1) is 0 Å². The molecule has 3 rings (SSSR count). The van der Waals surface area contributed by atoms with Crippen molar-refractivity contribution in [1.82, 2.24) is 4.90 Å². The zero-order chi connectivity index (χ0) is 15.7. The third-order valence-electron chi connectivity index (χ3n) is 4.18. The van der Waals surface area contributed by atoms with Crippen molar-refractivity contribution in [1.29, 1.82) is 0 Å². The van der Waals surface area contributed by atoms with Crippen LogP contribution in [0.4, 0.5) is 0 Å². The van der Waals surface area contributed by atoms with Crippen LogP contribution in [-0.4, -0.2) is 34.8 Å². The second kappa shape index (κ2) is 6.01. The van der Waals surface area contributed by atoms with Gasteiger partial charge in [0.25, 0.3) is 0 Å². The fraction of sp³-hybridized carbons (Fsp3) is 0.375. The Kier molecular flexibility index (Phi) is 4.24. The Morgan fingerprint density at radius 2 is 1.95 bits per heavy atom. The van der Waals surface area contributed by atoms with Crippen LogP contribution in [0.1, 0.15) is 24.3 Å². The minimum atomic E-state index is -4.57. The summed E-state index contributed by atoms with van der Waals surface area (Å²) in [5.74, 6) is 0.610. The minimum Gasteiger partial charge on any atom is -0.404 e. The number of fused-ring (bicyclic) bond motifs is 1. The number of hydrogen-bond donors (Lipinski definition) is 2. The number of nitrogens with zero attached hydrogens (tertiary/aromatic N) is 1. The molecular weight excluding hydrogens is 301 g/mol. The van der Waals surface area contributed by atoms with Crippen LogP contribution in [0.3, 0.4) is 0 Å². The van der Waals surface area contributed by atoms with Gasteiger partial charge in [-0.15, -0.1) is 0 Å². The largest absolute Gasteiger partial charge is 0.524 e. The molecule has 0 amide bonds. The normalized spacial score (nSPS) is 20.2. The van der Waals surface area contributed by atoms with Crippen LogP contribution >= 0.6 is 7.82 Å². The summed E-state index contributed by atoms with van der Waals surface area (Å²) in [5.41, 5.74) is 1.10. The van der Waals surface area contributed by atoms with E-state index < -0.39 is 7.82 Å². The molecule has 0 bridgehead atoms. The summed E-state index contributed by atoms with van der Waals surface area (Å²) in [4.78, 5) is 20.6. The van der Waals surface area contributed by atoms with Gasteiger partial charge in [0, 0.05) is 11.9 Å². The van der Waals surface area contributed by atoms with Crippen molar-refractivity contribution in [3.63, 3.8) is 0 Å². The molecule has 1 unspecified atom stereocenters. The molecule has 1 aliphatic heterocycles. The first-order valence-corrected chi connectivity index (χ1v) is 8.92. The van der Waals surface area contributed by atoms with Crippen LogP contribution in [0, 0.1) is 0 Å². The molecule has 118 valence electrons. The van der Waals surface area contributed by atoms with E-state index in [0.717, 1.165) is 42.3 Å². The number of likely N-dealkylation sites (N-methyl/N-ethyl adjacent to an activating group) is 1. The van der Waals surface area contributed by atoms with Crippen molar-refractivity contribution in [2.45, 2.75) is 18.8 Å². The molecular formula is C16H20NO4P. The maximum Gasteiger partial charge on any atom is 0.524 e. The van der Waals surface area contributed by atoms with Crippen molar-refractivity contribution < 1.29 is 18.9 Å². The number of piperidine rings is 1. The highest BCUT2D eigenvalue weighted by atomic mass is 31.2. The Morgan fingerprint density at radius 3 is 2.64 bits per heavy atom. The van der Waals surface area contributed by atoms with Crippen LogP contribution in [0.25, 0.3) is 10.8 Å². The predicted molar refractivity (Wildman–Crippen MR) is 86.1 cm³/mol. The lowest BCUT2D eigenvalue weighted by molar-refractivity contribution is 0.251. The highest BCUT2D eigenvalue weighted by Crippen LogP contribution is 2.43. The van der Waals surface area contributed by atoms with Crippen LogP contribution in [0.15, 0.2) is 36.4 Å². The van der Waals surface area contributed by atoms with Gasteiger partial charge in [0.15, 0.2) is 0 Å². The molecule has 0 radical (unpaired) electrons. The van der Waals surface area contributed by atoms with E-state index in [1.165, 1.54) is 0 Å². The first-order valence-electron chi connectivity index (χ1n) is 7.39. The van der Waals surface area contributed by atoms with Crippen LogP contribution in [0.2, 0.25) is 0 Å². The minimum absolute atomic E-state index is 0.259. The number of phosphoric acid groups is 1. The molecule has 0 saturated carbocycles. The van der Waals surface area contributed by atoms with Gasteiger partial charge in [-0.25, -0.2) is 4.57 Å². The van der Waals surface area contributed by atoms with E-state index in [2.05, 4.69) is 11.9 Å². The third kappa shape index (κ3) is 3.33. The number of rotatable bonds is 3. The van der Waals surface area contributed by atoms with E-state index in [1.807, 2.05) is 24.3 Å². The zero-order valence-electron chi connectivity index (χ0n) is 12.5. The molecule has 1 aliphatic rings. The van der Waals surface area contributed by atoms with Crippen LogP contribution in [0.5, 0.6) is 5.75 Å². The number of hydrogen-bond acceptors (Lipinski definition) is 3. The van der Waals surface area contributed by atoms with E-state index in [1.54, 1.807) is 12.1 Å². The average molecular weight is 321 g/mol. The van der Waals surface area contributed by atoms with E-state index in [-0.39, 0.29) is 5.75 Å².